The number of rotatable bonds is 5. The summed E-state index contributed by atoms with van der Waals surface area (Å²) in [5, 5.41) is 9.29. The molecule has 0 bridgehead atoms. The average molecular weight is 144 g/mol. The molecule has 2 atom stereocenters. The van der Waals surface area contributed by atoms with Gasteiger partial charge in [0, 0.05) is 0 Å². The number of hydrogen-bond acceptors (Lipinski definition) is 2. The van der Waals surface area contributed by atoms with Crippen LogP contribution in [0, 0.1) is 0 Å². The summed E-state index contributed by atoms with van der Waals surface area (Å²) in [7, 11) is 0. The van der Waals surface area contributed by atoms with Gasteiger partial charge in [0.2, 0.25) is 0 Å². The summed E-state index contributed by atoms with van der Waals surface area (Å²) in [4.78, 5) is 0. The quantitative estimate of drug-likeness (QED) is 0.466. The van der Waals surface area contributed by atoms with Gasteiger partial charge in [0.25, 0.3) is 0 Å². The molecule has 0 saturated carbocycles. The van der Waals surface area contributed by atoms with E-state index >= 15 is 0 Å². The Morgan fingerprint density at radius 2 is 2.30 bits per heavy atom. The molecule has 60 valence electrons. The first-order valence-electron chi connectivity index (χ1n) is 4.14. The standard InChI is InChI=1S/C8H16O2/c1-2-3-4-5-7(9)8-6-10-8/h7-9H,2-6H2,1H3/t7-,8+/m1/s1. The van der Waals surface area contributed by atoms with Crippen LogP contribution in [0.15, 0.2) is 0 Å². The van der Waals surface area contributed by atoms with Crippen LogP contribution in [0.25, 0.3) is 0 Å². The molecule has 1 heterocycles. The van der Waals surface area contributed by atoms with E-state index in [2.05, 4.69) is 6.92 Å². The van der Waals surface area contributed by atoms with E-state index < -0.39 is 0 Å². The number of ether oxygens (including phenoxy) is 1. The van der Waals surface area contributed by atoms with Crippen LogP contribution in [0.4, 0.5) is 0 Å². The van der Waals surface area contributed by atoms with Gasteiger partial charge >= 0.3 is 0 Å². The van der Waals surface area contributed by atoms with Crippen LogP contribution in [-0.2, 0) is 4.74 Å². The molecule has 0 aromatic rings. The first kappa shape index (κ1) is 8.02. The first-order chi connectivity index (χ1) is 4.84. The van der Waals surface area contributed by atoms with Crippen LogP contribution >= 0.6 is 0 Å². The van der Waals surface area contributed by atoms with Crippen molar-refractivity contribution in [1.29, 1.82) is 0 Å². The Kier molecular flexibility index (Phi) is 3.16. The molecule has 0 aliphatic carbocycles. The normalized spacial score (nSPS) is 26.4. The lowest BCUT2D eigenvalue weighted by atomic mass is 10.1. The van der Waals surface area contributed by atoms with Crippen molar-refractivity contribution in [3.63, 3.8) is 0 Å². The largest absolute Gasteiger partial charge is 0.390 e. The van der Waals surface area contributed by atoms with Crippen LogP contribution in [0.1, 0.15) is 32.6 Å². The topological polar surface area (TPSA) is 32.8 Å². The molecule has 2 nitrogen and oxygen atoms in total. The highest BCUT2D eigenvalue weighted by atomic mass is 16.6. The summed E-state index contributed by atoms with van der Waals surface area (Å²) >= 11 is 0. The summed E-state index contributed by atoms with van der Waals surface area (Å²) in [6.45, 7) is 2.94. The molecule has 1 fully saturated rings. The number of aliphatic hydroxyl groups excluding tert-OH is 1. The molecule has 0 amide bonds. The minimum absolute atomic E-state index is 0.178. The van der Waals surface area contributed by atoms with E-state index in [9.17, 15) is 5.11 Å². The molecule has 1 aliphatic heterocycles. The van der Waals surface area contributed by atoms with Gasteiger partial charge in [-0.15, -0.1) is 0 Å². The van der Waals surface area contributed by atoms with Crippen molar-refractivity contribution in [3.8, 4) is 0 Å². The molecule has 10 heavy (non-hydrogen) atoms. The van der Waals surface area contributed by atoms with E-state index in [1.54, 1.807) is 0 Å². The van der Waals surface area contributed by atoms with Crippen molar-refractivity contribution >= 4 is 0 Å². The molecule has 0 unspecified atom stereocenters. The average Bonchev–Trinajstić information content (AvgIpc) is 2.69. The molecular formula is C8H16O2. The fraction of sp³-hybridized carbons (Fsp3) is 1.00. The van der Waals surface area contributed by atoms with Crippen molar-refractivity contribution in [1.82, 2.24) is 0 Å². The maximum atomic E-state index is 9.29. The van der Waals surface area contributed by atoms with Gasteiger partial charge in [-0.1, -0.05) is 26.2 Å². The molecule has 0 aromatic heterocycles. The highest BCUT2D eigenvalue weighted by molar-refractivity contribution is 4.77. The lowest BCUT2D eigenvalue weighted by Crippen LogP contribution is -2.13. The fourth-order valence-corrected chi connectivity index (χ4v) is 1.07. The maximum absolute atomic E-state index is 9.29. The minimum Gasteiger partial charge on any atom is -0.390 e. The van der Waals surface area contributed by atoms with Gasteiger partial charge in [-0.3, -0.25) is 0 Å². The van der Waals surface area contributed by atoms with Gasteiger partial charge in [-0.2, -0.15) is 0 Å². The van der Waals surface area contributed by atoms with Gasteiger partial charge in [0.15, 0.2) is 0 Å². The molecule has 1 rings (SSSR count). The summed E-state index contributed by atoms with van der Waals surface area (Å²) in [6, 6.07) is 0. The van der Waals surface area contributed by atoms with E-state index in [1.807, 2.05) is 0 Å². The molecule has 1 aliphatic rings. The van der Waals surface area contributed by atoms with Crippen LogP contribution in [0.3, 0.4) is 0 Å². The molecular weight excluding hydrogens is 128 g/mol. The van der Waals surface area contributed by atoms with Crippen molar-refractivity contribution in [2.24, 2.45) is 0 Å². The summed E-state index contributed by atoms with van der Waals surface area (Å²) in [5.41, 5.74) is 0. The molecule has 0 spiro atoms. The zero-order valence-corrected chi connectivity index (χ0v) is 6.55. The number of unbranched alkanes of at least 4 members (excludes halogenated alkanes) is 2. The second-order valence-corrected chi connectivity index (χ2v) is 2.93. The predicted octanol–water partition coefficient (Wildman–Crippen LogP) is 1.33. The Balaban J connectivity index is 1.90. The van der Waals surface area contributed by atoms with Gasteiger partial charge in [0.05, 0.1) is 12.7 Å². The van der Waals surface area contributed by atoms with Crippen LogP contribution < -0.4 is 0 Å². The van der Waals surface area contributed by atoms with Crippen molar-refractivity contribution in [3.05, 3.63) is 0 Å². The highest BCUT2D eigenvalue weighted by Crippen LogP contribution is 2.18. The fourth-order valence-electron chi connectivity index (χ4n) is 1.07. The third-order valence-electron chi connectivity index (χ3n) is 1.89. The van der Waals surface area contributed by atoms with Crippen LogP contribution in [0.5, 0.6) is 0 Å². The second kappa shape index (κ2) is 3.94. The van der Waals surface area contributed by atoms with Crippen molar-refractivity contribution < 1.29 is 9.84 Å². The maximum Gasteiger partial charge on any atom is 0.107 e. The van der Waals surface area contributed by atoms with E-state index in [-0.39, 0.29) is 12.2 Å². The third-order valence-corrected chi connectivity index (χ3v) is 1.89. The zero-order chi connectivity index (χ0) is 7.40. The summed E-state index contributed by atoms with van der Waals surface area (Å²) < 4.78 is 4.95. The van der Waals surface area contributed by atoms with Crippen LogP contribution in [-0.4, -0.2) is 23.9 Å². The summed E-state index contributed by atoms with van der Waals surface area (Å²) in [6.07, 6.45) is 4.49. The Morgan fingerprint density at radius 3 is 2.80 bits per heavy atom. The zero-order valence-electron chi connectivity index (χ0n) is 6.55. The Labute approximate surface area is 62.2 Å². The van der Waals surface area contributed by atoms with Crippen molar-refractivity contribution in [2.45, 2.75) is 44.8 Å². The third kappa shape index (κ3) is 2.67. The van der Waals surface area contributed by atoms with E-state index in [0.29, 0.717) is 0 Å². The van der Waals surface area contributed by atoms with Gasteiger partial charge in [-0.25, -0.2) is 0 Å². The highest BCUT2D eigenvalue weighted by Gasteiger charge is 2.30. The first-order valence-corrected chi connectivity index (χ1v) is 4.14. The second-order valence-electron chi connectivity index (χ2n) is 2.93. The molecule has 0 aromatic carbocycles. The lowest BCUT2D eigenvalue weighted by molar-refractivity contribution is 0.123. The molecule has 0 radical (unpaired) electrons. The molecule has 1 saturated heterocycles. The lowest BCUT2D eigenvalue weighted by Gasteiger charge is -2.04. The van der Waals surface area contributed by atoms with E-state index in [4.69, 9.17) is 4.74 Å². The Bertz CT molecular complexity index is 89.3. The molecule has 1 N–H and O–H groups in total. The van der Waals surface area contributed by atoms with Crippen molar-refractivity contribution in [2.75, 3.05) is 6.61 Å². The van der Waals surface area contributed by atoms with E-state index in [1.165, 1.54) is 12.8 Å². The SMILES string of the molecule is CCCCC[C@@H](O)[C@@H]1CO1. The Morgan fingerprint density at radius 1 is 1.60 bits per heavy atom. The number of hydrogen-bond donors (Lipinski definition) is 1. The molecule has 2 heteroatoms. The summed E-state index contributed by atoms with van der Waals surface area (Å²) in [5.74, 6) is 0. The number of epoxide rings is 1. The Hall–Kier alpha value is -0.0800. The number of aliphatic hydroxyl groups is 1. The van der Waals surface area contributed by atoms with Crippen LogP contribution in [0.2, 0.25) is 0 Å². The van der Waals surface area contributed by atoms with Gasteiger partial charge in [-0.05, 0) is 6.42 Å². The predicted molar refractivity (Wildman–Crippen MR) is 39.9 cm³/mol. The van der Waals surface area contributed by atoms with E-state index in [0.717, 1.165) is 19.4 Å². The minimum atomic E-state index is -0.188. The smallest absolute Gasteiger partial charge is 0.107 e. The van der Waals surface area contributed by atoms with Gasteiger partial charge < -0.3 is 9.84 Å². The monoisotopic (exact) mass is 144 g/mol. The van der Waals surface area contributed by atoms with Gasteiger partial charge in [0.1, 0.15) is 6.10 Å².